The SMILES string of the molecule is CCS(=O)(=O)N(C)CCN(C)C. The van der Waals surface area contributed by atoms with E-state index in [1.807, 2.05) is 19.0 Å². The third kappa shape index (κ3) is 4.04. The molecule has 0 aliphatic heterocycles. The van der Waals surface area contributed by atoms with E-state index in [4.69, 9.17) is 0 Å². The summed E-state index contributed by atoms with van der Waals surface area (Å²) in [7, 11) is 2.47. The first-order valence-corrected chi connectivity index (χ1v) is 5.59. The highest BCUT2D eigenvalue weighted by Gasteiger charge is 2.13. The van der Waals surface area contributed by atoms with Crippen LogP contribution in [0.3, 0.4) is 0 Å². The van der Waals surface area contributed by atoms with Crippen molar-refractivity contribution >= 4 is 10.0 Å². The Morgan fingerprint density at radius 2 is 1.58 bits per heavy atom. The number of likely N-dealkylation sites (N-methyl/N-ethyl adjacent to an activating group) is 2. The van der Waals surface area contributed by atoms with Crippen molar-refractivity contribution in [2.45, 2.75) is 6.92 Å². The fourth-order valence-electron chi connectivity index (χ4n) is 0.700. The summed E-state index contributed by atoms with van der Waals surface area (Å²) >= 11 is 0. The third-order valence-corrected chi connectivity index (χ3v) is 3.56. The Morgan fingerprint density at radius 3 is 1.92 bits per heavy atom. The Bertz CT molecular complexity index is 211. The molecule has 0 aliphatic rings. The Balaban J connectivity index is 3.96. The van der Waals surface area contributed by atoms with Gasteiger partial charge in [0.25, 0.3) is 0 Å². The standard InChI is InChI=1S/C7H18N2O2S/c1-5-12(10,11)9(4)7-6-8(2)3/h5-7H2,1-4H3. The first-order chi connectivity index (χ1) is 5.40. The molecule has 12 heavy (non-hydrogen) atoms. The molecular weight excluding hydrogens is 176 g/mol. The van der Waals surface area contributed by atoms with Crippen molar-refractivity contribution in [3.63, 3.8) is 0 Å². The van der Waals surface area contributed by atoms with Gasteiger partial charge in [0.15, 0.2) is 0 Å². The zero-order chi connectivity index (χ0) is 9.78. The monoisotopic (exact) mass is 194 g/mol. The zero-order valence-electron chi connectivity index (χ0n) is 8.24. The normalized spacial score (nSPS) is 12.8. The van der Waals surface area contributed by atoms with Crippen LogP contribution in [0.1, 0.15) is 6.92 Å². The average molecular weight is 194 g/mol. The van der Waals surface area contributed by atoms with Gasteiger partial charge in [-0.2, -0.15) is 0 Å². The lowest BCUT2D eigenvalue weighted by Gasteiger charge is -2.18. The summed E-state index contributed by atoms with van der Waals surface area (Å²) < 4.78 is 23.8. The second-order valence-corrected chi connectivity index (χ2v) is 5.39. The molecule has 0 aromatic carbocycles. The van der Waals surface area contributed by atoms with Crippen LogP contribution in [0.2, 0.25) is 0 Å². The molecule has 74 valence electrons. The maximum absolute atomic E-state index is 11.2. The van der Waals surface area contributed by atoms with E-state index in [0.29, 0.717) is 6.54 Å². The Kier molecular flexibility index (Phi) is 4.74. The van der Waals surface area contributed by atoms with Gasteiger partial charge in [-0.1, -0.05) is 0 Å². The van der Waals surface area contributed by atoms with E-state index in [1.165, 1.54) is 4.31 Å². The molecular formula is C7H18N2O2S. The molecule has 0 aromatic rings. The fraction of sp³-hybridized carbons (Fsp3) is 1.00. The van der Waals surface area contributed by atoms with Crippen molar-refractivity contribution in [1.82, 2.24) is 9.21 Å². The third-order valence-electron chi connectivity index (χ3n) is 1.70. The molecule has 0 heterocycles. The van der Waals surface area contributed by atoms with Gasteiger partial charge in [-0.25, -0.2) is 12.7 Å². The van der Waals surface area contributed by atoms with Gasteiger partial charge >= 0.3 is 0 Å². The molecule has 4 nitrogen and oxygen atoms in total. The highest BCUT2D eigenvalue weighted by molar-refractivity contribution is 7.89. The van der Waals surface area contributed by atoms with Crippen LogP contribution in [-0.4, -0.2) is 57.6 Å². The molecule has 5 heteroatoms. The van der Waals surface area contributed by atoms with Crippen LogP contribution in [0.25, 0.3) is 0 Å². The van der Waals surface area contributed by atoms with Crippen LogP contribution >= 0.6 is 0 Å². The molecule has 0 aliphatic carbocycles. The summed E-state index contributed by atoms with van der Waals surface area (Å²) in [5, 5.41) is 0. The van der Waals surface area contributed by atoms with Crippen LogP contribution in [0.5, 0.6) is 0 Å². The number of hydrogen-bond acceptors (Lipinski definition) is 3. The Morgan fingerprint density at radius 1 is 1.08 bits per heavy atom. The molecule has 0 bridgehead atoms. The summed E-state index contributed by atoms with van der Waals surface area (Å²) in [5.41, 5.74) is 0. The molecule has 0 amide bonds. The minimum Gasteiger partial charge on any atom is -0.308 e. The van der Waals surface area contributed by atoms with E-state index in [-0.39, 0.29) is 5.75 Å². The minimum absolute atomic E-state index is 0.178. The first kappa shape index (κ1) is 11.9. The zero-order valence-corrected chi connectivity index (χ0v) is 9.06. The van der Waals surface area contributed by atoms with Gasteiger partial charge in [0.1, 0.15) is 0 Å². The van der Waals surface area contributed by atoms with Gasteiger partial charge in [-0.3, -0.25) is 0 Å². The molecule has 0 N–H and O–H groups in total. The average Bonchev–Trinajstić information content (AvgIpc) is 2.00. The molecule has 0 saturated carbocycles. The summed E-state index contributed by atoms with van der Waals surface area (Å²) in [5.74, 6) is 0.178. The molecule has 0 unspecified atom stereocenters. The summed E-state index contributed by atoms with van der Waals surface area (Å²) in [6.07, 6.45) is 0. The van der Waals surface area contributed by atoms with Crippen LogP contribution in [0.4, 0.5) is 0 Å². The van der Waals surface area contributed by atoms with Crippen LogP contribution in [0.15, 0.2) is 0 Å². The van der Waals surface area contributed by atoms with Crippen LogP contribution < -0.4 is 0 Å². The van der Waals surface area contributed by atoms with Crippen molar-refractivity contribution in [1.29, 1.82) is 0 Å². The molecule has 0 radical (unpaired) electrons. The molecule has 0 spiro atoms. The first-order valence-electron chi connectivity index (χ1n) is 3.99. The molecule has 0 rings (SSSR count). The molecule has 0 fully saturated rings. The largest absolute Gasteiger partial charge is 0.308 e. The van der Waals surface area contributed by atoms with E-state index < -0.39 is 10.0 Å². The van der Waals surface area contributed by atoms with Gasteiger partial charge in [0, 0.05) is 20.1 Å². The lowest BCUT2D eigenvalue weighted by atomic mass is 10.6. The number of hydrogen-bond donors (Lipinski definition) is 0. The Hall–Kier alpha value is -0.130. The second kappa shape index (κ2) is 4.79. The lowest BCUT2D eigenvalue weighted by Crippen LogP contribution is -2.34. The van der Waals surface area contributed by atoms with Crippen molar-refractivity contribution in [3.05, 3.63) is 0 Å². The van der Waals surface area contributed by atoms with Crippen molar-refractivity contribution in [3.8, 4) is 0 Å². The maximum atomic E-state index is 11.2. The van der Waals surface area contributed by atoms with Gasteiger partial charge < -0.3 is 4.90 Å². The highest BCUT2D eigenvalue weighted by Crippen LogP contribution is 1.96. The predicted octanol–water partition coefficient (Wildman–Crippen LogP) is -0.170. The summed E-state index contributed by atoms with van der Waals surface area (Å²) in [6.45, 7) is 2.97. The highest BCUT2D eigenvalue weighted by atomic mass is 32.2. The second-order valence-electron chi connectivity index (χ2n) is 3.03. The fourth-order valence-corrected chi connectivity index (χ4v) is 1.50. The number of nitrogens with zero attached hydrogens (tertiary/aromatic N) is 2. The van der Waals surface area contributed by atoms with E-state index in [9.17, 15) is 8.42 Å². The van der Waals surface area contributed by atoms with Gasteiger partial charge in [-0.15, -0.1) is 0 Å². The van der Waals surface area contributed by atoms with E-state index in [0.717, 1.165) is 6.54 Å². The topological polar surface area (TPSA) is 40.6 Å². The van der Waals surface area contributed by atoms with E-state index >= 15 is 0 Å². The molecule has 0 atom stereocenters. The van der Waals surface area contributed by atoms with Gasteiger partial charge in [0.05, 0.1) is 5.75 Å². The maximum Gasteiger partial charge on any atom is 0.213 e. The predicted molar refractivity (Wildman–Crippen MR) is 50.6 cm³/mol. The summed E-state index contributed by atoms with van der Waals surface area (Å²) in [4.78, 5) is 1.96. The number of sulfonamides is 1. The van der Waals surface area contributed by atoms with E-state index in [2.05, 4.69) is 0 Å². The smallest absolute Gasteiger partial charge is 0.213 e. The van der Waals surface area contributed by atoms with Crippen molar-refractivity contribution < 1.29 is 8.42 Å². The minimum atomic E-state index is -2.99. The number of rotatable bonds is 5. The van der Waals surface area contributed by atoms with Crippen LogP contribution in [-0.2, 0) is 10.0 Å². The lowest BCUT2D eigenvalue weighted by molar-refractivity contribution is 0.358. The van der Waals surface area contributed by atoms with E-state index in [1.54, 1.807) is 14.0 Å². The van der Waals surface area contributed by atoms with Gasteiger partial charge in [-0.05, 0) is 21.0 Å². The quantitative estimate of drug-likeness (QED) is 0.610. The molecule has 0 saturated heterocycles. The van der Waals surface area contributed by atoms with Gasteiger partial charge in [0.2, 0.25) is 10.0 Å². The molecule has 0 aromatic heterocycles. The van der Waals surface area contributed by atoms with Crippen molar-refractivity contribution in [2.24, 2.45) is 0 Å². The van der Waals surface area contributed by atoms with Crippen LogP contribution in [0, 0.1) is 0 Å². The Labute approximate surface area is 75.2 Å². The summed E-state index contributed by atoms with van der Waals surface area (Å²) in [6, 6.07) is 0. The van der Waals surface area contributed by atoms with Crippen molar-refractivity contribution in [2.75, 3.05) is 40.0 Å².